The molecule has 9 nitrogen and oxygen atoms in total. The molecule has 2 amide bonds. The molecular weight excluding hydrogens is 546 g/mol. The fourth-order valence-corrected chi connectivity index (χ4v) is 4.31. The van der Waals surface area contributed by atoms with Gasteiger partial charge in [0.15, 0.2) is 6.29 Å². The molecule has 0 atom stereocenters. The van der Waals surface area contributed by atoms with Crippen LogP contribution >= 0.6 is 0 Å². The van der Waals surface area contributed by atoms with E-state index >= 15 is 0 Å². The minimum atomic E-state index is -0.377. The van der Waals surface area contributed by atoms with Gasteiger partial charge in [-0.1, -0.05) is 19.6 Å². The molecule has 2 aromatic carbocycles. The minimum Gasteiger partial charge on any atom is -0.495 e. The maximum atomic E-state index is 14.3. The summed E-state index contributed by atoms with van der Waals surface area (Å²) in [5.74, 6) is 0.107. The zero-order chi connectivity index (χ0) is 29.7. The normalized spacial score (nSPS) is 13.3. The van der Waals surface area contributed by atoms with E-state index in [1.807, 2.05) is 0 Å². The molecular formula is C31H32F2N4O5. The van der Waals surface area contributed by atoms with Crippen LogP contribution in [-0.2, 0) is 16.0 Å². The molecule has 4 heterocycles. The monoisotopic (exact) mass is 578 g/mol. The van der Waals surface area contributed by atoms with E-state index < -0.39 is 0 Å². The highest BCUT2D eigenvalue weighted by Gasteiger charge is 2.28. The molecule has 6 rings (SSSR count). The van der Waals surface area contributed by atoms with Gasteiger partial charge in [0, 0.05) is 29.2 Å². The van der Waals surface area contributed by atoms with Gasteiger partial charge in [-0.3, -0.25) is 14.4 Å². The molecule has 0 radical (unpaired) electrons. The second-order valence-electron chi connectivity index (χ2n) is 9.12. The van der Waals surface area contributed by atoms with E-state index in [2.05, 4.69) is 20.6 Å². The number of carbonyl (C=O) groups is 3. The van der Waals surface area contributed by atoms with Gasteiger partial charge in [0.25, 0.3) is 5.91 Å². The summed E-state index contributed by atoms with van der Waals surface area (Å²) in [6.45, 7) is 3.36. The molecule has 2 aliphatic heterocycles. The molecule has 11 heteroatoms. The number of halogens is 2. The van der Waals surface area contributed by atoms with Crippen molar-refractivity contribution in [2.75, 3.05) is 24.9 Å². The van der Waals surface area contributed by atoms with Gasteiger partial charge in [-0.15, -0.1) is 0 Å². The average molecular weight is 579 g/mol. The van der Waals surface area contributed by atoms with Crippen molar-refractivity contribution in [3.8, 4) is 11.5 Å². The number of amides is 2. The van der Waals surface area contributed by atoms with Crippen LogP contribution in [0.3, 0.4) is 0 Å². The van der Waals surface area contributed by atoms with Crippen LogP contribution in [0.1, 0.15) is 45.9 Å². The molecule has 2 aliphatic rings. The van der Waals surface area contributed by atoms with Crippen LogP contribution in [0.5, 0.6) is 11.5 Å². The molecule has 42 heavy (non-hydrogen) atoms. The summed E-state index contributed by atoms with van der Waals surface area (Å²) in [4.78, 5) is 38.7. The first-order chi connectivity index (χ1) is 19.7. The number of nitrogens with one attached hydrogen (secondary N) is 4. The first kappa shape index (κ1) is 31.3. The van der Waals surface area contributed by atoms with E-state index in [9.17, 15) is 23.2 Å². The highest BCUT2D eigenvalue weighted by Crippen LogP contribution is 2.37. The van der Waals surface area contributed by atoms with E-state index in [1.54, 1.807) is 75.8 Å². The van der Waals surface area contributed by atoms with Crippen molar-refractivity contribution in [2.45, 2.75) is 27.7 Å². The van der Waals surface area contributed by atoms with Gasteiger partial charge in [-0.25, -0.2) is 8.78 Å². The van der Waals surface area contributed by atoms with Gasteiger partial charge in [-0.05, 0) is 55.3 Å². The summed E-state index contributed by atoms with van der Waals surface area (Å²) >= 11 is 0. The largest absolute Gasteiger partial charge is 0.495 e. The Balaban J connectivity index is 0.000000188. The molecule has 4 N–H and O–H groups in total. The number of methoxy groups -OCH3 is 2. The Morgan fingerprint density at radius 1 is 0.786 bits per heavy atom. The third-order valence-electron chi connectivity index (χ3n) is 6.47. The maximum absolute atomic E-state index is 14.3. The number of aromatic nitrogens is 2. The molecule has 0 aliphatic carbocycles. The predicted molar refractivity (Wildman–Crippen MR) is 158 cm³/mol. The van der Waals surface area contributed by atoms with Gasteiger partial charge in [0.2, 0.25) is 5.91 Å². The van der Waals surface area contributed by atoms with Gasteiger partial charge >= 0.3 is 0 Å². The highest BCUT2D eigenvalue weighted by molar-refractivity contribution is 6.35. The Kier molecular flexibility index (Phi) is 10.0. The molecule has 0 fully saturated rings. The van der Waals surface area contributed by atoms with E-state index in [-0.39, 0.29) is 37.3 Å². The van der Waals surface area contributed by atoms with Crippen molar-refractivity contribution >= 4 is 41.1 Å². The zero-order valence-corrected chi connectivity index (χ0v) is 22.8. The smallest absolute Gasteiger partial charge is 0.256 e. The summed E-state index contributed by atoms with van der Waals surface area (Å²) in [7, 11) is 3.06. The quantitative estimate of drug-likeness (QED) is 0.173. The topological polar surface area (TPSA) is 125 Å². The Bertz CT molecular complexity index is 1650. The molecule has 0 spiro atoms. The van der Waals surface area contributed by atoms with E-state index in [1.165, 1.54) is 7.11 Å². The minimum absolute atomic E-state index is 0. The van der Waals surface area contributed by atoms with Crippen molar-refractivity contribution in [1.82, 2.24) is 9.97 Å². The van der Waals surface area contributed by atoms with Gasteiger partial charge < -0.3 is 30.1 Å². The van der Waals surface area contributed by atoms with Crippen molar-refractivity contribution in [3.05, 3.63) is 94.1 Å². The number of hydrogen-bond donors (Lipinski definition) is 4. The van der Waals surface area contributed by atoms with Crippen molar-refractivity contribution in [1.29, 1.82) is 0 Å². The van der Waals surface area contributed by atoms with E-state index in [0.717, 1.165) is 6.29 Å². The van der Waals surface area contributed by atoms with Crippen LogP contribution < -0.4 is 20.1 Å². The fraction of sp³-hybridized carbons (Fsp3) is 0.194. The number of anilines is 2. The van der Waals surface area contributed by atoms with Crippen LogP contribution in [0.4, 0.5) is 20.2 Å². The summed E-state index contributed by atoms with van der Waals surface area (Å²) in [6.07, 6.45) is 5.85. The number of aldehydes is 1. The second-order valence-corrected chi connectivity index (χ2v) is 9.12. The Labute approximate surface area is 241 Å². The number of H-pyrrole nitrogens is 2. The number of fused-ring (bicyclic) bond motifs is 2. The summed E-state index contributed by atoms with van der Waals surface area (Å²) in [5.41, 5.74) is 4.42. The number of aromatic amines is 2. The zero-order valence-electron chi connectivity index (χ0n) is 22.8. The molecule has 0 unspecified atom stereocenters. The summed E-state index contributed by atoms with van der Waals surface area (Å²) < 4.78 is 37.5. The lowest BCUT2D eigenvalue weighted by atomic mass is 10.0. The number of ether oxygens (including phenoxy) is 2. The third kappa shape index (κ3) is 6.41. The van der Waals surface area contributed by atoms with Crippen molar-refractivity contribution < 1.29 is 32.6 Å². The number of benzene rings is 2. The van der Waals surface area contributed by atoms with Gasteiger partial charge in [0.05, 0.1) is 37.6 Å². The van der Waals surface area contributed by atoms with Crippen molar-refractivity contribution in [2.24, 2.45) is 0 Å². The first-order valence-electron chi connectivity index (χ1n) is 12.5. The molecule has 220 valence electrons. The average Bonchev–Trinajstić information content (AvgIpc) is 3.76. The van der Waals surface area contributed by atoms with Crippen LogP contribution in [0.15, 0.2) is 48.8 Å². The number of rotatable bonds is 4. The SMILES string of the molecule is C.COc1cc[nH]c1/C=C1\C(=O)Nc2ccc(C)c(F)c21.COc1cc[nH]c1C=O.Cc1ccc2c(c1F)CC(=O)N2. The number of hydrogen-bond acceptors (Lipinski definition) is 5. The number of carbonyl (C=O) groups excluding carboxylic acids is 3. The summed E-state index contributed by atoms with van der Waals surface area (Å²) in [5, 5.41) is 5.25. The summed E-state index contributed by atoms with van der Waals surface area (Å²) in [6, 6.07) is 10.2. The Morgan fingerprint density at radius 2 is 1.36 bits per heavy atom. The standard InChI is InChI=1S/C15H13FN2O2.C9H8FNO.C6H7NO2.CH4/c1-8-3-4-10-13(14(8)16)9(15(19)18-10)7-11-12(20-2)5-6-17-11;1-5-2-3-7-6(9(5)10)4-8(12)11-7;1-9-6-2-3-7-5(6)4-8;/h3-7,17H,1-2H3,(H,18,19);2-3H,4H2,1H3,(H,11,12);2-4,7H,1H3;1H4/b9-7-;;;. The molecule has 4 aromatic rings. The first-order valence-corrected chi connectivity index (χ1v) is 12.5. The molecule has 0 saturated carbocycles. The lowest BCUT2D eigenvalue weighted by Gasteiger charge is -2.04. The van der Waals surface area contributed by atoms with E-state index in [4.69, 9.17) is 9.47 Å². The van der Waals surface area contributed by atoms with Gasteiger partial charge in [0.1, 0.15) is 28.8 Å². The van der Waals surface area contributed by atoms with Crippen LogP contribution in [0.25, 0.3) is 11.6 Å². The number of aryl methyl sites for hydroxylation is 2. The molecule has 2 aromatic heterocycles. The van der Waals surface area contributed by atoms with Crippen LogP contribution in [0, 0.1) is 25.5 Å². The lowest BCUT2D eigenvalue weighted by molar-refractivity contribution is -0.115. The van der Waals surface area contributed by atoms with Crippen LogP contribution in [0.2, 0.25) is 0 Å². The predicted octanol–water partition coefficient (Wildman–Crippen LogP) is 6.06. The lowest BCUT2D eigenvalue weighted by Crippen LogP contribution is -2.03. The maximum Gasteiger partial charge on any atom is 0.256 e. The van der Waals surface area contributed by atoms with Gasteiger partial charge in [-0.2, -0.15) is 0 Å². The third-order valence-corrected chi connectivity index (χ3v) is 6.47. The Hall–Kier alpha value is -5.19. The Morgan fingerprint density at radius 3 is 1.95 bits per heavy atom. The molecule has 0 saturated heterocycles. The highest BCUT2D eigenvalue weighted by atomic mass is 19.1. The van der Waals surface area contributed by atoms with Crippen LogP contribution in [-0.4, -0.2) is 42.3 Å². The van der Waals surface area contributed by atoms with Crippen molar-refractivity contribution in [3.63, 3.8) is 0 Å². The fourth-order valence-electron chi connectivity index (χ4n) is 4.31. The second kappa shape index (κ2) is 13.4. The molecule has 0 bridgehead atoms. The van der Waals surface area contributed by atoms with E-state index in [0.29, 0.717) is 62.1 Å².